The molecule has 6 nitrogen and oxygen atoms in total. The number of hydrogen-bond donors (Lipinski definition) is 1. The Bertz CT molecular complexity index is 1590. The van der Waals surface area contributed by atoms with E-state index in [1.807, 2.05) is 136 Å². The molecule has 0 spiro atoms. The maximum Gasteiger partial charge on any atom is 0.254 e. The van der Waals surface area contributed by atoms with Crippen LogP contribution in [0.3, 0.4) is 0 Å². The summed E-state index contributed by atoms with van der Waals surface area (Å²) in [6.07, 6.45) is 0. The minimum atomic E-state index is -0.296. The number of aryl methyl sites for hydroxylation is 1. The molecule has 0 aliphatic heterocycles. The number of benzene rings is 4. The Morgan fingerprint density at radius 1 is 0.775 bits per heavy atom. The van der Waals surface area contributed by atoms with Crippen LogP contribution in [-0.2, 0) is 4.79 Å². The van der Waals surface area contributed by atoms with Gasteiger partial charge in [-0.2, -0.15) is 5.10 Å². The lowest BCUT2D eigenvalue weighted by Crippen LogP contribution is -2.42. The quantitative estimate of drug-likeness (QED) is 0.236. The molecule has 0 saturated heterocycles. The first kappa shape index (κ1) is 26.6. The molecule has 40 heavy (non-hydrogen) atoms. The van der Waals surface area contributed by atoms with Gasteiger partial charge >= 0.3 is 0 Å². The zero-order valence-electron chi connectivity index (χ0n) is 22.9. The number of rotatable bonds is 8. The highest BCUT2D eigenvalue weighted by Gasteiger charge is 2.23. The van der Waals surface area contributed by atoms with Gasteiger partial charge in [0.1, 0.15) is 12.4 Å². The van der Waals surface area contributed by atoms with Gasteiger partial charge in [-0.25, -0.2) is 4.68 Å². The lowest BCUT2D eigenvalue weighted by Gasteiger charge is -2.26. The number of aromatic nitrogens is 2. The first-order valence-corrected chi connectivity index (χ1v) is 13.4. The molecule has 0 fully saturated rings. The molecule has 0 aliphatic rings. The van der Waals surface area contributed by atoms with E-state index in [0.717, 1.165) is 33.6 Å². The van der Waals surface area contributed by atoms with Crippen molar-refractivity contribution in [2.45, 2.75) is 26.8 Å². The first-order valence-electron chi connectivity index (χ1n) is 13.4. The van der Waals surface area contributed by atoms with Crippen molar-refractivity contribution in [3.8, 4) is 28.1 Å². The molecule has 5 aromatic rings. The minimum Gasteiger partial charge on any atom is -0.327 e. The summed E-state index contributed by atoms with van der Waals surface area (Å²) < 4.78 is 1.73. The van der Waals surface area contributed by atoms with Crippen LogP contribution in [0.1, 0.15) is 29.8 Å². The molecule has 0 bridgehead atoms. The molecule has 0 atom stereocenters. The number of nitrogens with one attached hydrogen (secondary N) is 1. The van der Waals surface area contributed by atoms with Crippen LogP contribution in [0.2, 0.25) is 0 Å². The van der Waals surface area contributed by atoms with E-state index in [9.17, 15) is 9.59 Å². The van der Waals surface area contributed by atoms with Crippen LogP contribution in [0.5, 0.6) is 0 Å². The van der Waals surface area contributed by atoms with E-state index in [1.165, 1.54) is 0 Å². The van der Waals surface area contributed by atoms with Crippen LogP contribution in [0.4, 0.5) is 5.82 Å². The highest BCUT2D eigenvalue weighted by molar-refractivity contribution is 5.99. The van der Waals surface area contributed by atoms with E-state index in [4.69, 9.17) is 5.10 Å². The van der Waals surface area contributed by atoms with Crippen molar-refractivity contribution in [2.75, 3.05) is 11.9 Å². The first-order chi connectivity index (χ1) is 19.4. The van der Waals surface area contributed by atoms with E-state index in [1.54, 1.807) is 9.58 Å². The minimum absolute atomic E-state index is 0.0866. The second kappa shape index (κ2) is 11.8. The molecule has 2 amide bonds. The largest absolute Gasteiger partial charge is 0.327 e. The molecule has 4 aromatic carbocycles. The third kappa shape index (κ3) is 6.02. The smallest absolute Gasteiger partial charge is 0.254 e. The third-order valence-electron chi connectivity index (χ3n) is 6.76. The van der Waals surface area contributed by atoms with E-state index in [-0.39, 0.29) is 24.4 Å². The van der Waals surface area contributed by atoms with Crippen molar-refractivity contribution in [3.05, 3.63) is 126 Å². The molecular weight excluding hydrogens is 496 g/mol. The van der Waals surface area contributed by atoms with Gasteiger partial charge in [-0.15, -0.1) is 0 Å². The Hall–Kier alpha value is -4.97. The summed E-state index contributed by atoms with van der Waals surface area (Å²) >= 11 is 0. The Labute approximate surface area is 234 Å². The average molecular weight is 529 g/mol. The van der Waals surface area contributed by atoms with Crippen LogP contribution in [0.15, 0.2) is 115 Å². The predicted molar refractivity (Wildman–Crippen MR) is 160 cm³/mol. The van der Waals surface area contributed by atoms with E-state index >= 15 is 0 Å². The summed E-state index contributed by atoms with van der Waals surface area (Å²) in [6.45, 7) is 5.76. The van der Waals surface area contributed by atoms with Gasteiger partial charge in [0.2, 0.25) is 5.91 Å². The Kier molecular flexibility index (Phi) is 7.87. The van der Waals surface area contributed by atoms with Gasteiger partial charge in [-0.05, 0) is 56.2 Å². The molecular formula is C34H32N4O2. The lowest BCUT2D eigenvalue weighted by atomic mass is 10.0. The van der Waals surface area contributed by atoms with Gasteiger partial charge in [0.05, 0.1) is 11.4 Å². The molecule has 1 N–H and O–H groups in total. The summed E-state index contributed by atoms with van der Waals surface area (Å²) in [5.74, 6) is 0.0497. The summed E-state index contributed by atoms with van der Waals surface area (Å²) in [5, 5.41) is 7.79. The number of carbonyl (C=O) groups is 2. The van der Waals surface area contributed by atoms with E-state index in [0.29, 0.717) is 11.4 Å². The maximum absolute atomic E-state index is 13.5. The molecule has 0 aliphatic carbocycles. The lowest BCUT2D eigenvalue weighted by molar-refractivity contribution is -0.117. The summed E-state index contributed by atoms with van der Waals surface area (Å²) in [5.41, 5.74) is 6.31. The summed E-state index contributed by atoms with van der Waals surface area (Å²) in [7, 11) is 0. The van der Waals surface area contributed by atoms with Crippen LogP contribution in [-0.4, -0.2) is 39.1 Å². The van der Waals surface area contributed by atoms with Gasteiger partial charge in [0.15, 0.2) is 0 Å². The van der Waals surface area contributed by atoms with Gasteiger partial charge in [-0.3, -0.25) is 9.59 Å². The molecule has 0 radical (unpaired) electrons. The van der Waals surface area contributed by atoms with Crippen molar-refractivity contribution in [1.82, 2.24) is 14.7 Å². The van der Waals surface area contributed by atoms with Crippen molar-refractivity contribution >= 4 is 17.6 Å². The molecule has 6 heteroatoms. The molecule has 0 unspecified atom stereocenters. The molecule has 200 valence electrons. The molecule has 0 saturated carbocycles. The second-order valence-corrected chi connectivity index (χ2v) is 10.0. The second-order valence-electron chi connectivity index (χ2n) is 10.0. The average Bonchev–Trinajstić information content (AvgIpc) is 3.40. The highest BCUT2D eigenvalue weighted by atomic mass is 16.2. The highest BCUT2D eigenvalue weighted by Crippen LogP contribution is 2.25. The van der Waals surface area contributed by atoms with Gasteiger partial charge in [0.25, 0.3) is 5.91 Å². The zero-order chi connectivity index (χ0) is 28.1. The predicted octanol–water partition coefficient (Wildman–Crippen LogP) is 7.00. The van der Waals surface area contributed by atoms with Crippen molar-refractivity contribution in [3.63, 3.8) is 0 Å². The fourth-order valence-corrected chi connectivity index (χ4v) is 4.53. The summed E-state index contributed by atoms with van der Waals surface area (Å²) in [6, 6.07) is 37.0. The third-order valence-corrected chi connectivity index (χ3v) is 6.76. The van der Waals surface area contributed by atoms with Crippen molar-refractivity contribution < 1.29 is 9.59 Å². The van der Waals surface area contributed by atoms with Crippen molar-refractivity contribution in [1.29, 1.82) is 0 Å². The van der Waals surface area contributed by atoms with Crippen LogP contribution < -0.4 is 5.32 Å². The zero-order valence-corrected chi connectivity index (χ0v) is 22.9. The van der Waals surface area contributed by atoms with Gasteiger partial charge in [-0.1, -0.05) is 90.5 Å². The summed E-state index contributed by atoms with van der Waals surface area (Å²) in [4.78, 5) is 28.4. The molecule has 1 heterocycles. The van der Waals surface area contributed by atoms with Crippen LogP contribution in [0.25, 0.3) is 28.1 Å². The normalized spacial score (nSPS) is 10.9. The van der Waals surface area contributed by atoms with E-state index < -0.39 is 0 Å². The fourth-order valence-electron chi connectivity index (χ4n) is 4.53. The molecule has 5 rings (SSSR count). The number of carbonyl (C=O) groups excluding carboxylic acids is 2. The van der Waals surface area contributed by atoms with Crippen LogP contribution >= 0.6 is 0 Å². The standard InChI is InChI=1S/C34H32N4O2/c1-24(2)37(34(40)29-18-16-27(17-19-29)26-10-6-4-7-11-26)23-33(39)35-32-22-31(28-12-8-5-9-13-28)36-38(32)30-20-14-25(3)15-21-30/h4-22,24H,23H2,1-3H3,(H,35,39). The SMILES string of the molecule is Cc1ccc(-n2nc(-c3ccccc3)cc2NC(=O)CN(C(=O)c2ccc(-c3ccccc3)cc2)C(C)C)cc1. The maximum atomic E-state index is 13.5. The van der Waals surface area contributed by atoms with Gasteiger partial charge in [0, 0.05) is 23.2 Å². The number of anilines is 1. The number of nitrogens with zero attached hydrogens (tertiary/aromatic N) is 3. The Balaban J connectivity index is 1.36. The van der Waals surface area contributed by atoms with Crippen molar-refractivity contribution in [2.24, 2.45) is 0 Å². The fraction of sp³-hybridized carbons (Fsp3) is 0.147. The van der Waals surface area contributed by atoms with Gasteiger partial charge < -0.3 is 10.2 Å². The van der Waals surface area contributed by atoms with E-state index in [2.05, 4.69) is 5.32 Å². The Morgan fingerprint density at radius 2 is 1.35 bits per heavy atom. The monoisotopic (exact) mass is 528 g/mol. The number of hydrogen-bond acceptors (Lipinski definition) is 3. The topological polar surface area (TPSA) is 67.2 Å². The molecule has 1 aromatic heterocycles. The Morgan fingerprint density at radius 3 is 1.95 bits per heavy atom. The number of amides is 2. The van der Waals surface area contributed by atoms with Crippen LogP contribution in [0, 0.1) is 6.92 Å².